The fourth-order valence-electron chi connectivity index (χ4n) is 3.25. The lowest BCUT2D eigenvalue weighted by molar-refractivity contribution is -0.128. The molecule has 1 saturated heterocycles. The van der Waals surface area contributed by atoms with Gasteiger partial charge in [-0.3, -0.25) is 18.6 Å². The number of halogens is 1. The third kappa shape index (κ3) is 3.65. The van der Waals surface area contributed by atoms with Gasteiger partial charge in [-0.15, -0.1) is 29.2 Å². The lowest BCUT2D eigenvalue weighted by atomic mass is 10.2. The zero-order valence-corrected chi connectivity index (χ0v) is 16.8. The van der Waals surface area contributed by atoms with Gasteiger partial charge in [0.25, 0.3) is 5.56 Å². The standard InChI is InChI=1S/C18H20N6O2S.ClH/c1-2-9-23-16(26)13-5-3-4-6-14(13)24-17(23)20-21-18(24)27-12-15(25)22-10-7-19-8-11-22;/h2-6,19H,1,7-12H2;1H. The van der Waals surface area contributed by atoms with Crippen LogP contribution in [0.1, 0.15) is 0 Å². The second-order valence-electron chi connectivity index (χ2n) is 6.26. The summed E-state index contributed by atoms with van der Waals surface area (Å²) in [6.45, 7) is 7.16. The first-order valence-corrected chi connectivity index (χ1v) is 9.78. The molecular weight excluding hydrogens is 400 g/mol. The Morgan fingerprint density at radius 1 is 1.25 bits per heavy atom. The number of aromatic nitrogens is 4. The van der Waals surface area contributed by atoms with Crippen molar-refractivity contribution in [2.45, 2.75) is 11.7 Å². The molecule has 1 aromatic carbocycles. The molecule has 0 radical (unpaired) electrons. The summed E-state index contributed by atoms with van der Waals surface area (Å²) >= 11 is 1.34. The van der Waals surface area contributed by atoms with Gasteiger partial charge < -0.3 is 10.2 Å². The molecule has 0 saturated carbocycles. The van der Waals surface area contributed by atoms with E-state index in [1.54, 1.807) is 16.7 Å². The smallest absolute Gasteiger partial charge is 0.263 e. The molecule has 8 nitrogen and oxygen atoms in total. The number of benzene rings is 1. The molecule has 148 valence electrons. The first kappa shape index (κ1) is 20.4. The number of piperazine rings is 1. The molecule has 1 N–H and O–H groups in total. The molecule has 0 spiro atoms. The normalized spacial score (nSPS) is 14.2. The van der Waals surface area contributed by atoms with Crippen LogP contribution in [0.3, 0.4) is 0 Å². The van der Waals surface area contributed by atoms with Gasteiger partial charge in [0.1, 0.15) is 0 Å². The number of nitrogens with one attached hydrogen (secondary N) is 1. The number of amides is 1. The molecule has 0 bridgehead atoms. The molecule has 0 unspecified atom stereocenters. The van der Waals surface area contributed by atoms with Crippen molar-refractivity contribution in [3.05, 3.63) is 47.3 Å². The van der Waals surface area contributed by atoms with E-state index in [9.17, 15) is 9.59 Å². The van der Waals surface area contributed by atoms with E-state index < -0.39 is 0 Å². The Labute approximate surface area is 172 Å². The number of thioether (sulfide) groups is 1. The fourth-order valence-corrected chi connectivity index (χ4v) is 4.10. The van der Waals surface area contributed by atoms with Crippen molar-refractivity contribution < 1.29 is 4.79 Å². The topological polar surface area (TPSA) is 84.5 Å². The maximum atomic E-state index is 12.8. The van der Waals surface area contributed by atoms with E-state index in [2.05, 4.69) is 22.1 Å². The van der Waals surface area contributed by atoms with Crippen LogP contribution >= 0.6 is 24.2 Å². The van der Waals surface area contributed by atoms with Gasteiger partial charge in [0.2, 0.25) is 11.7 Å². The van der Waals surface area contributed by atoms with E-state index in [4.69, 9.17) is 0 Å². The van der Waals surface area contributed by atoms with Gasteiger partial charge in [0.15, 0.2) is 5.16 Å². The van der Waals surface area contributed by atoms with Crippen LogP contribution in [0.15, 0.2) is 46.9 Å². The molecule has 2 aromatic heterocycles. The molecule has 1 aliphatic rings. The molecule has 0 aliphatic carbocycles. The SMILES string of the molecule is C=CCn1c(=O)c2ccccc2n2c(SCC(=O)N3CCNCC3)nnc12.Cl. The van der Waals surface area contributed by atoms with Crippen LogP contribution in [0.2, 0.25) is 0 Å². The fraction of sp³-hybridized carbons (Fsp3) is 0.333. The number of rotatable bonds is 5. The summed E-state index contributed by atoms with van der Waals surface area (Å²) in [5.41, 5.74) is 0.610. The van der Waals surface area contributed by atoms with Gasteiger partial charge in [-0.2, -0.15) is 0 Å². The van der Waals surface area contributed by atoms with Crippen molar-refractivity contribution in [2.75, 3.05) is 31.9 Å². The summed E-state index contributed by atoms with van der Waals surface area (Å²) in [5, 5.41) is 12.9. The molecule has 0 atom stereocenters. The highest BCUT2D eigenvalue weighted by atomic mass is 35.5. The molecule has 3 aromatic rings. The molecule has 28 heavy (non-hydrogen) atoms. The van der Waals surface area contributed by atoms with Crippen LogP contribution in [-0.2, 0) is 11.3 Å². The molecule has 1 aliphatic heterocycles. The number of hydrogen-bond donors (Lipinski definition) is 1. The number of carbonyl (C=O) groups excluding carboxylic acids is 1. The Balaban J connectivity index is 0.00000225. The average Bonchev–Trinajstić information content (AvgIpc) is 3.14. The van der Waals surface area contributed by atoms with Gasteiger partial charge in [-0.25, -0.2) is 0 Å². The third-order valence-electron chi connectivity index (χ3n) is 4.58. The number of hydrogen-bond acceptors (Lipinski definition) is 6. The Bertz CT molecular complexity index is 1070. The highest BCUT2D eigenvalue weighted by Gasteiger charge is 2.20. The second-order valence-corrected chi connectivity index (χ2v) is 7.20. The lowest BCUT2D eigenvalue weighted by Gasteiger charge is -2.27. The molecular formula is C18H21ClN6O2S. The number of allylic oxidation sites excluding steroid dienone is 1. The van der Waals surface area contributed by atoms with Crippen molar-refractivity contribution >= 4 is 46.8 Å². The summed E-state index contributed by atoms with van der Waals surface area (Å²) in [6.07, 6.45) is 1.66. The zero-order valence-electron chi connectivity index (χ0n) is 15.2. The van der Waals surface area contributed by atoms with E-state index in [0.29, 0.717) is 22.9 Å². The largest absolute Gasteiger partial charge is 0.339 e. The van der Waals surface area contributed by atoms with Crippen LogP contribution < -0.4 is 10.9 Å². The highest BCUT2D eigenvalue weighted by Crippen LogP contribution is 2.22. The molecule has 3 heterocycles. The van der Waals surface area contributed by atoms with E-state index in [-0.39, 0.29) is 29.6 Å². The van der Waals surface area contributed by atoms with Crippen molar-refractivity contribution in [1.29, 1.82) is 0 Å². The summed E-state index contributed by atoms with van der Waals surface area (Å²) in [6, 6.07) is 7.36. The van der Waals surface area contributed by atoms with Crippen LogP contribution in [0, 0.1) is 0 Å². The maximum Gasteiger partial charge on any atom is 0.263 e. The van der Waals surface area contributed by atoms with Crippen molar-refractivity contribution in [3.63, 3.8) is 0 Å². The Kier molecular flexibility index (Phi) is 6.38. The number of carbonyl (C=O) groups is 1. The van der Waals surface area contributed by atoms with Crippen LogP contribution in [-0.4, -0.2) is 61.9 Å². The monoisotopic (exact) mass is 420 g/mol. The summed E-state index contributed by atoms with van der Waals surface area (Å²) in [4.78, 5) is 27.1. The average molecular weight is 421 g/mol. The van der Waals surface area contributed by atoms with Crippen LogP contribution in [0.25, 0.3) is 16.7 Å². The first-order chi connectivity index (χ1) is 13.2. The Hall–Kier alpha value is -2.36. The molecule has 1 amide bonds. The molecule has 10 heteroatoms. The molecule has 1 fully saturated rings. The van der Waals surface area contributed by atoms with E-state index in [1.807, 2.05) is 27.5 Å². The van der Waals surface area contributed by atoms with Gasteiger partial charge >= 0.3 is 0 Å². The minimum atomic E-state index is -0.126. The summed E-state index contributed by atoms with van der Waals surface area (Å²) < 4.78 is 3.39. The van der Waals surface area contributed by atoms with Gasteiger partial charge in [0.05, 0.1) is 16.7 Å². The first-order valence-electron chi connectivity index (χ1n) is 8.79. The number of nitrogens with zero attached hydrogens (tertiary/aromatic N) is 5. The minimum absolute atomic E-state index is 0. The zero-order chi connectivity index (χ0) is 18.8. The molecule has 4 rings (SSSR count). The van der Waals surface area contributed by atoms with E-state index in [1.165, 1.54) is 11.8 Å². The number of fused-ring (bicyclic) bond motifs is 3. The lowest BCUT2D eigenvalue weighted by Crippen LogP contribution is -2.47. The van der Waals surface area contributed by atoms with Gasteiger partial charge in [0, 0.05) is 32.7 Å². The summed E-state index contributed by atoms with van der Waals surface area (Å²) in [5.74, 6) is 0.827. The minimum Gasteiger partial charge on any atom is -0.339 e. The quantitative estimate of drug-likeness (QED) is 0.493. The van der Waals surface area contributed by atoms with Crippen LogP contribution in [0.4, 0.5) is 0 Å². The van der Waals surface area contributed by atoms with E-state index >= 15 is 0 Å². The van der Waals surface area contributed by atoms with Gasteiger partial charge in [-0.05, 0) is 12.1 Å². The Morgan fingerprint density at radius 3 is 2.75 bits per heavy atom. The Morgan fingerprint density at radius 2 is 2.00 bits per heavy atom. The van der Waals surface area contributed by atoms with Crippen LogP contribution in [0.5, 0.6) is 0 Å². The van der Waals surface area contributed by atoms with Crippen molar-refractivity contribution in [1.82, 2.24) is 29.4 Å². The second kappa shape index (κ2) is 8.76. The van der Waals surface area contributed by atoms with E-state index in [0.717, 1.165) is 31.7 Å². The van der Waals surface area contributed by atoms with Gasteiger partial charge in [-0.1, -0.05) is 30.0 Å². The summed E-state index contributed by atoms with van der Waals surface area (Å²) in [7, 11) is 0. The highest BCUT2D eigenvalue weighted by molar-refractivity contribution is 7.99. The third-order valence-corrected chi connectivity index (χ3v) is 5.50. The van der Waals surface area contributed by atoms with Crippen molar-refractivity contribution in [3.8, 4) is 0 Å². The predicted molar refractivity (Wildman–Crippen MR) is 112 cm³/mol. The maximum absolute atomic E-state index is 12.8. The van der Waals surface area contributed by atoms with Crippen molar-refractivity contribution in [2.24, 2.45) is 0 Å². The predicted octanol–water partition coefficient (Wildman–Crippen LogP) is 1.18. The number of para-hydroxylation sites is 1.